The normalized spacial score (nSPS) is 22.9. The minimum atomic E-state index is -0.190. The number of rotatable bonds is 2. The second kappa shape index (κ2) is 5.77. The summed E-state index contributed by atoms with van der Waals surface area (Å²) in [5, 5.41) is 8.70. The SMILES string of the molecule is CSc1nc2n(n1)[C@H](c1cccc(C)c1)C1=C(C[C@@H](C)CC1=O)N2. The molecule has 0 saturated heterocycles. The Bertz CT molecular complexity index is 854. The number of aromatic nitrogens is 3. The van der Waals surface area contributed by atoms with E-state index < -0.39 is 0 Å². The van der Waals surface area contributed by atoms with Crippen molar-refractivity contribution >= 4 is 23.5 Å². The first-order valence-corrected chi connectivity index (χ1v) is 9.39. The molecule has 124 valence electrons. The average Bonchev–Trinajstić information content (AvgIpc) is 2.95. The predicted octanol–water partition coefficient (Wildman–Crippen LogP) is 3.58. The Kier molecular flexibility index (Phi) is 3.72. The number of hydrogen-bond acceptors (Lipinski definition) is 5. The van der Waals surface area contributed by atoms with Crippen LogP contribution in [-0.4, -0.2) is 26.8 Å². The fourth-order valence-electron chi connectivity index (χ4n) is 3.62. The largest absolute Gasteiger partial charge is 0.328 e. The van der Waals surface area contributed by atoms with Crippen LogP contribution in [-0.2, 0) is 4.79 Å². The Morgan fingerprint density at radius 1 is 1.33 bits per heavy atom. The van der Waals surface area contributed by atoms with Crippen LogP contribution < -0.4 is 5.32 Å². The third-order valence-electron chi connectivity index (χ3n) is 4.64. The van der Waals surface area contributed by atoms with Crippen LogP contribution in [0.2, 0.25) is 0 Å². The van der Waals surface area contributed by atoms with Crippen LogP contribution in [0, 0.1) is 12.8 Å². The van der Waals surface area contributed by atoms with Gasteiger partial charge in [-0.05, 0) is 31.1 Å². The smallest absolute Gasteiger partial charge is 0.227 e. The fraction of sp³-hybridized carbons (Fsp3) is 0.389. The van der Waals surface area contributed by atoms with Crippen molar-refractivity contribution in [2.45, 2.75) is 37.9 Å². The first-order chi connectivity index (χ1) is 11.6. The van der Waals surface area contributed by atoms with Crippen LogP contribution in [0.15, 0.2) is 40.7 Å². The maximum Gasteiger partial charge on any atom is 0.227 e. The van der Waals surface area contributed by atoms with E-state index in [-0.39, 0.29) is 11.8 Å². The molecule has 1 aromatic heterocycles. The van der Waals surface area contributed by atoms with Crippen LogP contribution in [0.4, 0.5) is 5.95 Å². The van der Waals surface area contributed by atoms with Gasteiger partial charge in [-0.25, -0.2) is 4.68 Å². The van der Waals surface area contributed by atoms with Gasteiger partial charge in [-0.1, -0.05) is 48.5 Å². The number of nitrogens with one attached hydrogen (secondary N) is 1. The zero-order chi connectivity index (χ0) is 16.8. The zero-order valence-corrected chi connectivity index (χ0v) is 14.9. The van der Waals surface area contributed by atoms with Crippen LogP contribution >= 0.6 is 11.8 Å². The first-order valence-electron chi connectivity index (χ1n) is 8.17. The van der Waals surface area contributed by atoms with Crippen LogP contribution in [0.1, 0.15) is 36.9 Å². The Balaban J connectivity index is 1.92. The summed E-state index contributed by atoms with van der Waals surface area (Å²) in [6.45, 7) is 4.19. The molecule has 2 atom stereocenters. The Labute approximate surface area is 145 Å². The van der Waals surface area contributed by atoms with Crippen molar-refractivity contribution < 1.29 is 4.79 Å². The van der Waals surface area contributed by atoms with E-state index in [4.69, 9.17) is 0 Å². The van der Waals surface area contributed by atoms with Crippen molar-refractivity contribution in [2.24, 2.45) is 5.92 Å². The van der Waals surface area contributed by atoms with Gasteiger partial charge in [0.05, 0.1) is 0 Å². The summed E-state index contributed by atoms with van der Waals surface area (Å²) in [4.78, 5) is 17.4. The highest BCUT2D eigenvalue weighted by atomic mass is 32.2. The van der Waals surface area contributed by atoms with Crippen molar-refractivity contribution in [1.29, 1.82) is 0 Å². The van der Waals surface area contributed by atoms with E-state index in [0.717, 1.165) is 34.4 Å². The molecule has 0 radical (unpaired) electrons. The molecule has 1 aliphatic carbocycles. The number of carbonyl (C=O) groups excluding carboxylic acids is 1. The summed E-state index contributed by atoms with van der Waals surface area (Å²) in [6, 6.07) is 8.12. The third-order valence-corrected chi connectivity index (χ3v) is 5.18. The van der Waals surface area contributed by atoms with Gasteiger partial charge in [0.2, 0.25) is 11.1 Å². The van der Waals surface area contributed by atoms with Crippen molar-refractivity contribution in [3.8, 4) is 0 Å². The van der Waals surface area contributed by atoms with Gasteiger partial charge in [-0.15, -0.1) is 5.10 Å². The third kappa shape index (κ3) is 2.45. The van der Waals surface area contributed by atoms with Gasteiger partial charge >= 0.3 is 0 Å². The number of hydrogen-bond donors (Lipinski definition) is 1. The molecular weight excluding hydrogens is 320 g/mol. The zero-order valence-electron chi connectivity index (χ0n) is 14.0. The van der Waals surface area contributed by atoms with Crippen molar-refractivity contribution in [3.63, 3.8) is 0 Å². The maximum atomic E-state index is 12.8. The Morgan fingerprint density at radius 2 is 2.17 bits per heavy atom. The highest BCUT2D eigenvalue weighted by Crippen LogP contribution is 2.41. The molecule has 0 fully saturated rings. The summed E-state index contributed by atoms with van der Waals surface area (Å²) in [6.07, 6.45) is 3.44. The van der Waals surface area contributed by atoms with E-state index in [9.17, 15) is 4.79 Å². The average molecular weight is 340 g/mol. The van der Waals surface area contributed by atoms with Crippen LogP contribution in [0.5, 0.6) is 0 Å². The highest BCUT2D eigenvalue weighted by Gasteiger charge is 2.38. The molecule has 0 saturated carbocycles. The molecule has 24 heavy (non-hydrogen) atoms. The number of nitrogens with zero attached hydrogens (tertiary/aromatic N) is 3. The van der Waals surface area contributed by atoms with Crippen molar-refractivity contribution in [2.75, 3.05) is 11.6 Å². The van der Waals surface area contributed by atoms with Gasteiger partial charge in [0.15, 0.2) is 5.78 Å². The highest BCUT2D eigenvalue weighted by molar-refractivity contribution is 7.98. The lowest BCUT2D eigenvalue weighted by Gasteiger charge is -2.34. The molecule has 2 heterocycles. The number of ketones is 1. The second-order valence-electron chi connectivity index (χ2n) is 6.64. The Hall–Kier alpha value is -2.08. The lowest BCUT2D eigenvalue weighted by Crippen LogP contribution is -2.33. The molecular formula is C18H20N4OS. The molecule has 0 amide bonds. The molecule has 0 spiro atoms. The summed E-state index contributed by atoms with van der Waals surface area (Å²) < 4.78 is 1.87. The predicted molar refractivity (Wildman–Crippen MR) is 95.2 cm³/mol. The lowest BCUT2D eigenvalue weighted by molar-refractivity contribution is -0.117. The quantitative estimate of drug-likeness (QED) is 0.847. The molecule has 0 unspecified atom stereocenters. The summed E-state index contributed by atoms with van der Waals surface area (Å²) in [7, 11) is 0. The van der Waals surface area contributed by atoms with E-state index >= 15 is 0 Å². The topological polar surface area (TPSA) is 59.8 Å². The van der Waals surface area contributed by atoms with Gasteiger partial charge < -0.3 is 5.32 Å². The minimum absolute atomic E-state index is 0.190. The standard InChI is InChI=1S/C18H20N4OS/c1-10-5-4-6-12(7-10)16-15-13(8-11(2)9-14(15)23)19-17-20-18(24-3)21-22(16)17/h4-7,11,16H,8-9H2,1-3H3,(H,19,20,21)/t11-,16-/m1/s1. The van der Waals surface area contributed by atoms with Gasteiger partial charge in [0.1, 0.15) is 6.04 Å². The number of fused-ring (bicyclic) bond motifs is 1. The van der Waals surface area contributed by atoms with Crippen molar-refractivity contribution in [3.05, 3.63) is 46.7 Å². The molecule has 1 aromatic carbocycles. The molecule has 0 bridgehead atoms. The minimum Gasteiger partial charge on any atom is -0.328 e. The summed E-state index contributed by atoms with van der Waals surface area (Å²) in [5.74, 6) is 1.30. The number of thioether (sulfide) groups is 1. The van der Waals surface area contributed by atoms with Crippen LogP contribution in [0.3, 0.4) is 0 Å². The number of aryl methyl sites for hydroxylation is 1. The molecule has 5 nitrogen and oxygen atoms in total. The second-order valence-corrected chi connectivity index (χ2v) is 7.41. The number of carbonyl (C=O) groups is 1. The fourth-order valence-corrected chi connectivity index (χ4v) is 3.97. The van der Waals surface area contributed by atoms with E-state index in [1.807, 2.05) is 17.0 Å². The summed E-state index contributed by atoms with van der Waals surface area (Å²) >= 11 is 1.51. The van der Waals surface area contributed by atoms with Gasteiger partial charge in [0, 0.05) is 17.7 Å². The number of benzene rings is 1. The van der Waals surface area contributed by atoms with E-state index in [1.54, 1.807) is 0 Å². The van der Waals surface area contributed by atoms with E-state index in [2.05, 4.69) is 47.4 Å². The lowest BCUT2D eigenvalue weighted by atomic mass is 9.81. The van der Waals surface area contributed by atoms with E-state index in [0.29, 0.717) is 12.3 Å². The van der Waals surface area contributed by atoms with Gasteiger partial charge in [0.25, 0.3) is 0 Å². The maximum absolute atomic E-state index is 12.8. The molecule has 2 aromatic rings. The first kappa shape index (κ1) is 15.4. The molecule has 2 aliphatic rings. The molecule has 1 N–H and O–H groups in total. The number of anilines is 1. The van der Waals surface area contributed by atoms with Crippen LogP contribution in [0.25, 0.3) is 0 Å². The van der Waals surface area contributed by atoms with Gasteiger partial charge in [-0.2, -0.15) is 4.98 Å². The molecule has 1 aliphatic heterocycles. The van der Waals surface area contributed by atoms with E-state index in [1.165, 1.54) is 17.3 Å². The van der Waals surface area contributed by atoms with Crippen molar-refractivity contribution in [1.82, 2.24) is 14.8 Å². The molecule has 4 rings (SSSR count). The Morgan fingerprint density at radius 3 is 2.92 bits per heavy atom. The van der Waals surface area contributed by atoms with Gasteiger partial charge in [-0.3, -0.25) is 4.79 Å². The summed E-state index contributed by atoms with van der Waals surface area (Å²) in [5.41, 5.74) is 4.13. The monoisotopic (exact) mass is 340 g/mol. The molecule has 6 heteroatoms. The number of allylic oxidation sites excluding steroid dienone is 2. The number of Topliss-reactive ketones (excluding diaryl/α,β-unsaturated/α-hetero) is 1.